The van der Waals surface area contributed by atoms with Crippen molar-refractivity contribution in [1.82, 2.24) is 4.98 Å². The molecular weight excluding hydrogens is 156 g/mol. The molecule has 0 spiro atoms. The van der Waals surface area contributed by atoms with E-state index in [2.05, 4.69) is 9.82 Å². The van der Waals surface area contributed by atoms with E-state index in [1.807, 2.05) is 0 Å². The van der Waals surface area contributed by atoms with E-state index in [0.29, 0.717) is 4.51 Å². The molecule has 0 radical (unpaired) electrons. The molecule has 0 unspecified atom stereocenters. The van der Waals surface area contributed by atoms with Crippen molar-refractivity contribution >= 4 is 29.7 Å². The van der Waals surface area contributed by atoms with Crippen LogP contribution in [0.15, 0.2) is 18.5 Å². The Morgan fingerprint density at radius 2 is 2.44 bits per heavy atom. The summed E-state index contributed by atoms with van der Waals surface area (Å²) in [4.78, 5) is 5.27. The standard InChI is InChI=1S/C5H5ClN2S/c6-8-4-3-7-2-1-5(4)9/h1-3,8H,(H,7,9). The minimum atomic E-state index is 0.712. The Hall–Kier alpha value is -0.540. The predicted molar refractivity (Wildman–Crippen MR) is 41.1 cm³/mol. The zero-order valence-electron chi connectivity index (χ0n) is 4.52. The van der Waals surface area contributed by atoms with E-state index in [1.165, 1.54) is 0 Å². The topological polar surface area (TPSA) is 27.8 Å². The number of aromatic amines is 1. The highest BCUT2D eigenvalue weighted by Gasteiger charge is 1.86. The van der Waals surface area contributed by atoms with Crippen molar-refractivity contribution in [3.8, 4) is 0 Å². The van der Waals surface area contributed by atoms with Gasteiger partial charge >= 0.3 is 0 Å². The summed E-state index contributed by atoms with van der Waals surface area (Å²) in [5.41, 5.74) is 0.731. The summed E-state index contributed by atoms with van der Waals surface area (Å²) in [5, 5.41) is 0. The maximum atomic E-state index is 5.30. The van der Waals surface area contributed by atoms with Gasteiger partial charge in [-0.3, -0.25) is 4.84 Å². The Morgan fingerprint density at radius 3 is 2.89 bits per heavy atom. The quantitative estimate of drug-likeness (QED) is 0.488. The lowest BCUT2D eigenvalue weighted by Crippen LogP contribution is -1.81. The molecular formula is C5H5ClN2S. The first-order valence-corrected chi connectivity index (χ1v) is 3.17. The molecule has 0 aromatic carbocycles. The second kappa shape index (κ2) is 2.85. The zero-order valence-corrected chi connectivity index (χ0v) is 6.09. The minimum absolute atomic E-state index is 0.712. The lowest BCUT2D eigenvalue weighted by molar-refractivity contribution is 1.33. The Kier molecular flexibility index (Phi) is 2.08. The molecule has 0 amide bonds. The fourth-order valence-electron chi connectivity index (χ4n) is 0.490. The van der Waals surface area contributed by atoms with Crippen LogP contribution >= 0.6 is 24.0 Å². The lowest BCUT2D eigenvalue weighted by atomic mass is 10.4. The van der Waals surface area contributed by atoms with Gasteiger partial charge in [-0.15, -0.1) is 0 Å². The van der Waals surface area contributed by atoms with Crippen LogP contribution in [0.3, 0.4) is 0 Å². The van der Waals surface area contributed by atoms with Crippen molar-refractivity contribution in [1.29, 1.82) is 0 Å². The van der Waals surface area contributed by atoms with E-state index in [9.17, 15) is 0 Å². The molecule has 0 fully saturated rings. The van der Waals surface area contributed by atoms with E-state index in [-0.39, 0.29) is 0 Å². The summed E-state index contributed by atoms with van der Waals surface area (Å²) in [6, 6.07) is 1.76. The molecule has 0 aliphatic carbocycles. The van der Waals surface area contributed by atoms with Crippen molar-refractivity contribution in [2.45, 2.75) is 0 Å². The van der Waals surface area contributed by atoms with Gasteiger partial charge in [0.25, 0.3) is 0 Å². The van der Waals surface area contributed by atoms with Crippen LogP contribution in [-0.2, 0) is 0 Å². The van der Waals surface area contributed by atoms with Crippen molar-refractivity contribution in [2.75, 3.05) is 4.84 Å². The Bertz CT molecular complexity index is 245. The molecule has 1 aromatic rings. The zero-order chi connectivity index (χ0) is 6.69. The average molecular weight is 161 g/mol. The predicted octanol–water partition coefficient (Wildman–Crippen LogP) is 2.31. The van der Waals surface area contributed by atoms with Crippen LogP contribution in [0.4, 0.5) is 5.69 Å². The number of hydrogen-bond acceptors (Lipinski definition) is 2. The van der Waals surface area contributed by atoms with Crippen molar-refractivity contribution in [3.05, 3.63) is 23.0 Å². The number of anilines is 1. The maximum Gasteiger partial charge on any atom is 0.0832 e. The maximum absolute atomic E-state index is 5.30. The number of rotatable bonds is 1. The normalized spacial score (nSPS) is 9.00. The number of pyridine rings is 1. The first kappa shape index (κ1) is 6.58. The molecule has 0 saturated carbocycles. The van der Waals surface area contributed by atoms with E-state index >= 15 is 0 Å². The minimum Gasteiger partial charge on any atom is -0.366 e. The van der Waals surface area contributed by atoms with Gasteiger partial charge in [0.2, 0.25) is 0 Å². The molecule has 0 atom stereocenters. The SMILES string of the molecule is S=c1cc[nH]cc1NCl. The van der Waals surface area contributed by atoms with Crippen LogP contribution in [0, 0.1) is 4.51 Å². The summed E-state index contributed by atoms with van der Waals surface area (Å²) in [7, 11) is 0. The van der Waals surface area contributed by atoms with Crippen LogP contribution < -0.4 is 4.84 Å². The number of hydrogen-bond donors (Lipinski definition) is 2. The molecule has 0 saturated heterocycles. The largest absolute Gasteiger partial charge is 0.366 e. The van der Waals surface area contributed by atoms with E-state index in [1.54, 1.807) is 18.5 Å². The summed E-state index contributed by atoms with van der Waals surface area (Å²) in [6.07, 6.45) is 3.45. The third-order valence-electron chi connectivity index (χ3n) is 0.926. The van der Waals surface area contributed by atoms with Gasteiger partial charge in [-0.25, -0.2) is 0 Å². The molecule has 1 aromatic heterocycles. The van der Waals surface area contributed by atoms with Crippen LogP contribution in [-0.4, -0.2) is 4.98 Å². The van der Waals surface area contributed by atoms with Gasteiger partial charge in [-0.1, -0.05) is 12.2 Å². The fraction of sp³-hybridized carbons (Fsp3) is 0. The molecule has 1 heterocycles. The van der Waals surface area contributed by atoms with Gasteiger partial charge in [0, 0.05) is 24.2 Å². The van der Waals surface area contributed by atoms with Crippen LogP contribution in [0.2, 0.25) is 0 Å². The third kappa shape index (κ3) is 1.43. The third-order valence-corrected chi connectivity index (χ3v) is 1.49. The van der Waals surface area contributed by atoms with Crippen LogP contribution in [0.1, 0.15) is 0 Å². The number of aromatic nitrogens is 1. The van der Waals surface area contributed by atoms with Crippen molar-refractivity contribution in [2.24, 2.45) is 0 Å². The summed E-state index contributed by atoms with van der Waals surface area (Å²) >= 11 is 10.2. The molecule has 48 valence electrons. The summed E-state index contributed by atoms with van der Waals surface area (Å²) < 4.78 is 0.712. The van der Waals surface area contributed by atoms with Gasteiger partial charge in [0.1, 0.15) is 0 Å². The van der Waals surface area contributed by atoms with Crippen molar-refractivity contribution < 1.29 is 0 Å². The molecule has 4 heteroatoms. The Morgan fingerprint density at radius 1 is 1.67 bits per heavy atom. The number of halogens is 1. The van der Waals surface area contributed by atoms with Gasteiger partial charge in [-0.2, -0.15) is 0 Å². The number of H-pyrrole nitrogens is 1. The van der Waals surface area contributed by atoms with Gasteiger partial charge < -0.3 is 4.98 Å². The van der Waals surface area contributed by atoms with E-state index in [4.69, 9.17) is 24.0 Å². The smallest absolute Gasteiger partial charge is 0.0832 e. The first-order chi connectivity index (χ1) is 4.34. The highest BCUT2D eigenvalue weighted by molar-refractivity contribution is 7.71. The van der Waals surface area contributed by atoms with Crippen LogP contribution in [0.25, 0.3) is 0 Å². The monoisotopic (exact) mass is 160 g/mol. The summed E-state index contributed by atoms with van der Waals surface area (Å²) in [6.45, 7) is 0. The van der Waals surface area contributed by atoms with Gasteiger partial charge in [0.05, 0.1) is 10.2 Å². The van der Waals surface area contributed by atoms with Gasteiger partial charge in [-0.05, 0) is 6.07 Å². The van der Waals surface area contributed by atoms with Crippen LogP contribution in [0.5, 0.6) is 0 Å². The Labute approximate surface area is 63.0 Å². The summed E-state index contributed by atoms with van der Waals surface area (Å²) in [5.74, 6) is 0. The average Bonchev–Trinajstić information content (AvgIpc) is 1.89. The lowest BCUT2D eigenvalue weighted by Gasteiger charge is -1.93. The second-order valence-corrected chi connectivity index (χ2v) is 2.15. The molecule has 0 aliphatic rings. The highest BCUT2D eigenvalue weighted by atomic mass is 35.5. The highest BCUT2D eigenvalue weighted by Crippen LogP contribution is 2.06. The molecule has 0 bridgehead atoms. The molecule has 1 rings (SSSR count). The van der Waals surface area contributed by atoms with Gasteiger partial charge in [0.15, 0.2) is 0 Å². The fourth-order valence-corrected chi connectivity index (χ4v) is 0.880. The second-order valence-electron chi connectivity index (χ2n) is 1.52. The molecule has 0 aliphatic heterocycles. The Balaban J connectivity index is 3.16. The molecule has 9 heavy (non-hydrogen) atoms. The van der Waals surface area contributed by atoms with E-state index < -0.39 is 0 Å². The van der Waals surface area contributed by atoms with E-state index in [0.717, 1.165) is 5.69 Å². The molecule has 2 N–H and O–H groups in total. The molecule has 2 nitrogen and oxygen atoms in total. The van der Waals surface area contributed by atoms with Crippen molar-refractivity contribution in [3.63, 3.8) is 0 Å². The number of nitrogens with one attached hydrogen (secondary N) is 2. The first-order valence-electron chi connectivity index (χ1n) is 2.38.